The van der Waals surface area contributed by atoms with Crippen LogP contribution in [0.15, 0.2) is 48.5 Å². The van der Waals surface area contributed by atoms with Crippen LogP contribution in [0, 0.1) is 0 Å². The number of nitrogens with one attached hydrogen (secondary N) is 1. The van der Waals surface area contributed by atoms with Crippen molar-refractivity contribution in [2.75, 3.05) is 0 Å². The molecule has 0 fully saturated rings. The molecular weight excluding hydrogens is 242 g/mol. The van der Waals surface area contributed by atoms with Gasteiger partial charge < -0.3 is 5.32 Å². The topological polar surface area (TPSA) is 12.0 Å². The van der Waals surface area contributed by atoms with Gasteiger partial charge in [0.2, 0.25) is 0 Å². The lowest BCUT2D eigenvalue weighted by molar-refractivity contribution is 0.572. The molecule has 0 aromatic heterocycles. The van der Waals surface area contributed by atoms with Crippen LogP contribution in [0.25, 0.3) is 0 Å². The van der Waals surface area contributed by atoms with Crippen molar-refractivity contribution in [3.05, 3.63) is 70.8 Å². The highest BCUT2D eigenvalue weighted by Gasteiger charge is 2.12. The van der Waals surface area contributed by atoms with E-state index in [1.165, 1.54) is 36.8 Å². The van der Waals surface area contributed by atoms with E-state index in [1.54, 1.807) is 11.1 Å². The van der Waals surface area contributed by atoms with Crippen molar-refractivity contribution < 1.29 is 0 Å². The predicted octanol–water partition coefficient (Wildman–Crippen LogP) is 4.42. The molecule has 1 nitrogen and oxygen atoms in total. The van der Waals surface area contributed by atoms with Crippen molar-refractivity contribution in [3.8, 4) is 0 Å². The highest BCUT2D eigenvalue weighted by Crippen LogP contribution is 2.24. The minimum atomic E-state index is 0.405. The molecule has 2 aromatic rings. The number of hydrogen-bond acceptors (Lipinski definition) is 1. The maximum atomic E-state index is 3.62. The van der Waals surface area contributed by atoms with Crippen molar-refractivity contribution in [1.29, 1.82) is 0 Å². The Bertz CT molecular complexity index is 559. The van der Waals surface area contributed by atoms with Crippen LogP contribution in [0.5, 0.6) is 0 Å². The van der Waals surface area contributed by atoms with Crippen molar-refractivity contribution in [3.63, 3.8) is 0 Å². The Morgan fingerprint density at radius 1 is 0.950 bits per heavy atom. The first kappa shape index (κ1) is 13.4. The minimum Gasteiger partial charge on any atom is -0.306 e. The lowest BCUT2D eigenvalue weighted by Crippen LogP contribution is -2.18. The van der Waals surface area contributed by atoms with Gasteiger partial charge in [0.15, 0.2) is 0 Å². The van der Waals surface area contributed by atoms with Crippen molar-refractivity contribution >= 4 is 0 Å². The quantitative estimate of drug-likeness (QED) is 0.863. The summed E-state index contributed by atoms with van der Waals surface area (Å²) in [6.45, 7) is 3.19. The summed E-state index contributed by atoms with van der Waals surface area (Å²) >= 11 is 0. The zero-order valence-electron chi connectivity index (χ0n) is 12.2. The van der Waals surface area contributed by atoms with Crippen molar-refractivity contribution in [2.24, 2.45) is 0 Å². The Labute approximate surface area is 122 Å². The largest absolute Gasteiger partial charge is 0.306 e. The summed E-state index contributed by atoms with van der Waals surface area (Å²) in [5, 5.41) is 3.62. The van der Waals surface area contributed by atoms with Gasteiger partial charge in [-0.1, -0.05) is 48.5 Å². The monoisotopic (exact) mass is 265 g/mol. The van der Waals surface area contributed by atoms with E-state index in [9.17, 15) is 0 Å². The highest BCUT2D eigenvalue weighted by atomic mass is 14.9. The average Bonchev–Trinajstić information content (AvgIpc) is 2.53. The Kier molecular flexibility index (Phi) is 4.17. The molecule has 0 saturated heterocycles. The highest BCUT2D eigenvalue weighted by molar-refractivity contribution is 5.35. The molecule has 0 bridgehead atoms. The van der Waals surface area contributed by atoms with Gasteiger partial charge in [0.05, 0.1) is 0 Å². The molecule has 0 heterocycles. The molecule has 0 amide bonds. The number of aryl methyl sites for hydroxylation is 2. The zero-order valence-corrected chi connectivity index (χ0v) is 12.2. The molecule has 20 heavy (non-hydrogen) atoms. The summed E-state index contributed by atoms with van der Waals surface area (Å²) in [6, 6.07) is 18.1. The Hall–Kier alpha value is -1.60. The number of rotatable bonds is 4. The van der Waals surface area contributed by atoms with Gasteiger partial charge >= 0.3 is 0 Å². The fraction of sp³-hybridized carbons (Fsp3) is 0.368. The van der Waals surface area contributed by atoms with E-state index in [4.69, 9.17) is 0 Å². The molecule has 0 saturated carbocycles. The molecule has 0 aliphatic heterocycles. The molecule has 0 spiro atoms. The van der Waals surface area contributed by atoms with Gasteiger partial charge in [-0.2, -0.15) is 0 Å². The van der Waals surface area contributed by atoms with Crippen LogP contribution < -0.4 is 5.32 Å². The molecule has 2 aromatic carbocycles. The van der Waals surface area contributed by atoms with Crippen LogP contribution in [-0.2, 0) is 19.4 Å². The summed E-state index contributed by atoms with van der Waals surface area (Å²) < 4.78 is 0. The second-order valence-corrected chi connectivity index (χ2v) is 5.82. The fourth-order valence-electron chi connectivity index (χ4n) is 3.01. The molecule has 0 radical (unpaired) electrons. The summed E-state index contributed by atoms with van der Waals surface area (Å²) in [7, 11) is 0. The average molecular weight is 265 g/mol. The van der Waals surface area contributed by atoms with Crippen LogP contribution in [0.2, 0.25) is 0 Å². The van der Waals surface area contributed by atoms with Gasteiger partial charge in [-0.05, 0) is 54.9 Å². The van der Waals surface area contributed by atoms with Crippen LogP contribution in [0.4, 0.5) is 0 Å². The molecule has 1 heteroatoms. The summed E-state index contributed by atoms with van der Waals surface area (Å²) in [6.07, 6.45) is 5.23. The number of fused-ring (bicyclic) bond motifs is 1. The first-order chi connectivity index (χ1) is 9.83. The molecule has 1 aliphatic carbocycles. The Morgan fingerprint density at radius 2 is 1.70 bits per heavy atom. The molecule has 1 atom stereocenters. The SMILES string of the molecule is CC(NCc1ccccc1)c1ccc2c(c1)CCCC2. The maximum absolute atomic E-state index is 3.62. The van der Waals surface area contributed by atoms with E-state index in [0.717, 1.165) is 6.54 Å². The lowest BCUT2D eigenvalue weighted by atomic mass is 9.89. The van der Waals surface area contributed by atoms with E-state index in [2.05, 4.69) is 60.8 Å². The third-order valence-corrected chi connectivity index (χ3v) is 4.33. The van der Waals surface area contributed by atoms with Crippen LogP contribution in [0.1, 0.15) is 48.1 Å². The number of hydrogen-bond donors (Lipinski definition) is 1. The van der Waals surface area contributed by atoms with E-state index in [0.29, 0.717) is 6.04 Å². The molecular formula is C19H23N. The van der Waals surface area contributed by atoms with Gasteiger partial charge in [-0.3, -0.25) is 0 Å². The summed E-state index contributed by atoms with van der Waals surface area (Å²) in [5.41, 5.74) is 5.90. The van der Waals surface area contributed by atoms with Gasteiger partial charge in [0, 0.05) is 12.6 Å². The predicted molar refractivity (Wildman–Crippen MR) is 84.8 cm³/mol. The fourth-order valence-corrected chi connectivity index (χ4v) is 3.01. The molecule has 1 unspecified atom stereocenters. The second kappa shape index (κ2) is 6.23. The normalized spacial score (nSPS) is 15.7. The maximum Gasteiger partial charge on any atom is 0.0295 e. The zero-order chi connectivity index (χ0) is 13.8. The van der Waals surface area contributed by atoms with Crippen molar-refractivity contribution in [2.45, 2.75) is 45.2 Å². The molecule has 104 valence electrons. The first-order valence-electron chi connectivity index (χ1n) is 7.72. The third-order valence-electron chi connectivity index (χ3n) is 4.33. The molecule has 3 rings (SSSR count). The Balaban J connectivity index is 1.66. The van der Waals surface area contributed by atoms with Gasteiger partial charge in [0.25, 0.3) is 0 Å². The first-order valence-corrected chi connectivity index (χ1v) is 7.72. The van der Waals surface area contributed by atoms with E-state index in [1.807, 2.05) is 0 Å². The standard InChI is InChI=1S/C19H23N/c1-15(20-14-16-7-3-2-4-8-16)18-12-11-17-9-5-6-10-19(17)13-18/h2-4,7-8,11-13,15,20H,5-6,9-10,14H2,1H3. The van der Waals surface area contributed by atoms with Gasteiger partial charge in [0.1, 0.15) is 0 Å². The lowest BCUT2D eigenvalue weighted by Gasteiger charge is -2.20. The van der Waals surface area contributed by atoms with Crippen LogP contribution >= 0.6 is 0 Å². The van der Waals surface area contributed by atoms with Crippen LogP contribution in [0.3, 0.4) is 0 Å². The minimum absolute atomic E-state index is 0.405. The van der Waals surface area contributed by atoms with Crippen molar-refractivity contribution in [1.82, 2.24) is 5.32 Å². The molecule has 1 aliphatic rings. The summed E-state index contributed by atoms with van der Waals surface area (Å²) in [5.74, 6) is 0. The van der Waals surface area contributed by atoms with Gasteiger partial charge in [-0.25, -0.2) is 0 Å². The smallest absolute Gasteiger partial charge is 0.0295 e. The second-order valence-electron chi connectivity index (χ2n) is 5.82. The molecule has 1 N–H and O–H groups in total. The Morgan fingerprint density at radius 3 is 2.50 bits per heavy atom. The van der Waals surface area contributed by atoms with E-state index in [-0.39, 0.29) is 0 Å². The van der Waals surface area contributed by atoms with E-state index >= 15 is 0 Å². The number of benzene rings is 2. The summed E-state index contributed by atoms with van der Waals surface area (Å²) in [4.78, 5) is 0. The van der Waals surface area contributed by atoms with Gasteiger partial charge in [-0.15, -0.1) is 0 Å². The third kappa shape index (κ3) is 3.10. The van der Waals surface area contributed by atoms with E-state index < -0.39 is 0 Å². The van der Waals surface area contributed by atoms with Crippen LogP contribution in [-0.4, -0.2) is 0 Å².